The molecule has 248 valence electrons. The fourth-order valence-electron chi connectivity index (χ4n) is 5.48. The summed E-state index contributed by atoms with van der Waals surface area (Å²) in [6, 6.07) is 2.28. The second kappa shape index (κ2) is 14.8. The smallest absolute Gasteiger partial charge is 0.421 e. The Morgan fingerprint density at radius 2 is 1.76 bits per heavy atom. The van der Waals surface area contributed by atoms with E-state index in [0.717, 1.165) is 6.20 Å². The molecule has 3 aromatic heterocycles. The highest BCUT2D eigenvalue weighted by atomic mass is 19.4. The quantitative estimate of drug-likeness (QED) is 0.312. The van der Waals surface area contributed by atoms with Gasteiger partial charge in [0.1, 0.15) is 17.2 Å². The van der Waals surface area contributed by atoms with Crippen molar-refractivity contribution in [1.82, 2.24) is 30.2 Å². The number of hydrogen-bond donors (Lipinski definition) is 2. The van der Waals surface area contributed by atoms with Crippen LogP contribution < -0.4 is 25.2 Å². The van der Waals surface area contributed by atoms with Gasteiger partial charge in [-0.15, -0.1) is 0 Å². The Hall–Kier alpha value is -4.41. The number of ether oxygens (including phenoxy) is 2. The van der Waals surface area contributed by atoms with Crippen molar-refractivity contribution >= 4 is 23.6 Å². The predicted molar refractivity (Wildman–Crippen MR) is 158 cm³/mol. The number of carbonyl (C=O) groups excluding carboxylic acids is 1. The molecule has 1 aliphatic heterocycles. The number of rotatable bonds is 9. The average molecular weight is 652 g/mol. The maximum atomic E-state index is 13.8. The molecule has 2 N–H and O–H groups in total. The molecule has 0 spiro atoms. The molecule has 12 nitrogen and oxygen atoms in total. The lowest BCUT2D eigenvalue weighted by Crippen LogP contribution is -2.50. The number of nitrogens with one attached hydrogen (secondary N) is 2. The highest BCUT2D eigenvalue weighted by Gasteiger charge is 2.37. The van der Waals surface area contributed by atoms with Crippen LogP contribution in [-0.4, -0.2) is 89.4 Å². The Kier molecular flexibility index (Phi) is 10.6. The molecule has 2 fully saturated rings. The standard InChI is InChI=1S/C29H34F5N9O3/c1-45-27-37-14-19(15-38-27)18-3-8-24(35-13-18)43(28(44)39-17-23(30)31)21-6-4-20(5-7-21)40-26-36-16-22(29(32,33)34)25(41-26)42-9-2-11-46-12-10-42/h3,8,13-16,20-21,23H,2,4-7,9-12,17H2,1H3,(H,39,44)(H,36,40,41). The molecule has 46 heavy (non-hydrogen) atoms. The minimum absolute atomic E-state index is 0.0721. The number of carbonyl (C=O) groups is 1. The van der Waals surface area contributed by atoms with Gasteiger partial charge in [-0.2, -0.15) is 18.2 Å². The molecule has 0 unspecified atom stereocenters. The normalized spacial score (nSPS) is 19.0. The third-order valence-corrected chi connectivity index (χ3v) is 7.76. The molecule has 0 atom stereocenters. The summed E-state index contributed by atoms with van der Waals surface area (Å²) in [7, 11) is 1.45. The summed E-state index contributed by atoms with van der Waals surface area (Å²) in [6.45, 7) is 0.590. The van der Waals surface area contributed by atoms with Gasteiger partial charge in [0.25, 0.3) is 6.43 Å². The molecule has 17 heteroatoms. The van der Waals surface area contributed by atoms with Crippen LogP contribution >= 0.6 is 0 Å². The van der Waals surface area contributed by atoms with Crippen LogP contribution in [0.2, 0.25) is 0 Å². The molecule has 2 aliphatic rings. The Balaban J connectivity index is 1.29. The number of pyridine rings is 1. The van der Waals surface area contributed by atoms with E-state index in [4.69, 9.17) is 9.47 Å². The number of hydrogen-bond acceptors (Lipinski definition) is 10. The van der Waals surface area contributed by atoms with Crippen LogP contribution in [0.3, 0.4) is 0 Å². The molecule has 1 aliphatic carbocycles. The lowest BCUT2D eigenvalue weighted by atomic mass is 9.90. The fourth-order valence-corrected chi connectivity index (χ4v) is 5.48. The highest BCUT2D eigenvalue weighted by molar-refractivity contribution is 5.91. The Bertz CT molecular complexity index is 1430. The zero-order valence-electron chi connectivity index (χ0n) is 25.0. The number of nitrogens with zero attached hydrogens (tertiary/aromatic N) is 7. The Morgan fingerprint density at radius 3 is 2.41 bits per heavy atom. The zero-order chi connectivity index (χ0) is 32.7. The molecular weight excluding hydrogens is 617 g/mol. The van der Waals surface area contributed by atoms with E-state index in [1.807, 2.05) is 0 Å². The molecular formula is C29H34F5N9O3. The van der Waals surface area contributed by atoms with E-state index in [9.17, 15) is 26.7 Å². The summed E-state index contributed by atoms with van der Waals surface area (Å²) in [4.78, 5) is 36.9. The predicted octanol–water partition coefficient (Wildman–Crippen LogP) is 4.79. The van der Waals surface area contributed by atoms with Gasteiger partial charge in [0, 0.05) is 67.7 Å². The number of anilines is 3. The van der Waals surface area contributed by atoms with E-state index in [-0.39, 0.29) is 42.2 Å². The maximum absolute atomic E-state index is 13.8. The Morgan fingerprint density at radius 1 is 1.02 bits per heavy atom. The van der Waals surface area contributed by atoms with Gasteiger partial charge in [0.15, 0.2) is 0 Å². The summed E-state index contributed by atoms with van der Waals surface area (Å²) in [5.41, 5.74) is 0.431. The Labute approximate surface area is 261 Å². The van der Waals surface area contributed by atoms with Crippen molar-refractivity contribution in [1.29, 1.82) is 0 Å². The fraction of sp³-hybridized carbons (Fsp3) is 0.517. The van der Waals surface area contributed by atoms with Gasteiger partial charge in [-0.1, -0.05) is 0 Å². The first kappa shape index (κ1) is 33.0. The van der Waals surface area contributed by atoms with Crippen LogP contribution in [0.25, 0.3) is 11.1 Å². The molecule has 1 saturated carbocycles. The van der Waals surface area contributed by atoms with Crippen LogP contribution in [-0.2, 0) is 10.9 Å². The van der Waals surface area contributed by atoms with Gasteiger partial charge in [-0.3, -0.25) is 4.90 Å². The molecule has 3 aromatic rings. The summed E-state index contributed by atoms with van der Waals surface area (Å²) < 4.78 is 77.7. The van der Waals surface area contributed by atoms with Crippen molar-refractivity contribution in [2.75, 3.05) is 55.1 Å². The monoisotopic (exact) mass is 651 g/mol. The van der Waals surface area contributed by atoms with Gasteiger partial charge in [0.05, 0.1) is 20.3 Å². The molecule has 5 rings (SSSR count). The molecule has 0 radical (unpaired) electrons. The minimum Gasteiger partial charge on any atom is -0.467 e. The third kappa shape index (κ3) is 8.24. The van der Waals surface area contributed by atoms with Crippen LogP contribution in [0.4, 0.5) is 44.3 Å². The van der Waals surface area contributed by atoms with Crippen LogP contribution in [0.15, 0.2) is 36.9 Å². The van der Waals surface area contributed by atoms with Crippen LogP contribution in [0.1, 0.15) is 37.7 Å². The summed E-state index contributed by atoms with van der Waals surface area (Å²) in [6.07, 6.45) is 0.645. The van der Waals surface area contributed by atoms with E-state index >= 15 is 0 Å². The van der Waals surface area contributed by atoms with Crippen molar-refractivity contribution in [2.45, 2.75) is 56.8 Å². The number of methoxy groups -OCH3 is 1. The number of aromatic nitrogens is 5. The van der Waals surface area contributed by atoms with Crippen molar-refractivity contribution < 1.29 is 36.2 Å². The van der Waals surface area contributed by atoms with E-state index in [2.05, 4.69) is 35.6 Å². The van der Waals surface area contributed by atoms with Gasteiger partial charge < -0.3 is 25.0 Å². The van der Waals surface area contributed by atoms with E-state index in [0.29, 0.717) is 63.0 Å². The summed E-state index contributed by atoms with van der Waals surface area (Å²) >= 11 is 0. The number of urea groups is 1. The molecule has 0 bridgehead atoms. The SMILES string of the molecule is COc1ncc(-c2ccc(N(C(=O)NCC(F)F)C3CCC(Nc4ncc(C(F)(F)F)c(N5CCCOCC5)n4)CC3)nc2)cn1. The molecule has 0 aromatic carbocycles. The highest BCUT2D eigenvalue weighted by Crippen LogP contribution is 2.36. The van der Waals surface area contributed by atoms with Crippen LogP contribution in [0, 0.1) is 0 Å². The molecule has 1 saturated heterocycles. The van der Waals surface area contributed by atoms with E-state index in [1.54, 1.807) is 29.4 Å². The van der Waals surface area contributed by atoms with Crippen molar-refractivity contribution in [3.05, 3.63) is 42.5 Å². The minimum atomic E-state index is -4.62. The lowest BCUT2D eigenvalue weighted by Gasteiger charge is -2.36. The average Bonchev–Trinajstić information content (AvgIpc) is 3.34. The second-order valence-electron chi connectivity index (χ2n) is 10.8. The number of alkyl halides is 5. The van der Waals surface area contributed by atoms with Crippen molar-refractivity contribution in [2.24, 2.45) is 0 Å². The first-order chi connectivity index (χ1) is 22.1. The van der Waals surface area contributed by atoms with Gasteiger partial charge in [-0.25, -0.2) is 33.5 Å². The molecule has 4 heterocycles. The van der Waals surface area contributed by atoms with Gasteiger partial charge in [0.2, 0.25) is 5.95 Å². The van der Waals surface area contributed by atoms with E-state index < -0.39 is 30.7 Å². The first-order valence-corrected chi connectivity index (χ1v) is 14.8. The third-order valence-electron chi connectivity index (χ3n) is 7.76. The van der Waals surface area contributed by atoms with Crippen molar-refractivity contribution in [3.63, 3.8) is 0 Å². The van der Waals surface area contributed by atoms with Crippen LogP contribution in [0.5, 0.6) is 6.01 Å². The zero-order valence-corrected chi connectivity index (χ0v) is 25.0. The summed E-state index contributed by atoms with van der Waals surface area (Å²) in [5, 5.41) is 5.42. The topological polar surface area (TPSA) is 131 Å². The van der Waals surface area contributed by atoms with Gasteiger partial charge in [-0.05, 0) is 44.2 Å². The largest absolute Gasteiger partial charge is 0.467 e. The first-order valence-electron chi connectivity index (χ1n) is 14.8. The summed E-state index contributed by atoms with van der Waals surface area (Å²) in [5.74, 6) is 0.156. The van der Waals surface area contributed by atoms with Gasteiger partial charge >= 0.3 is 18.2 Å². The number of amides is 2. The van der Waals surface area contributed by atoms with E-state index in [1.165, 1.54) is 18.2 Å². The number of halogens is 5. The van der Waals surface area contributed by atoms with Crippen molar-refractivity contribution in [3.8, 4) is 17.1 Å². The second-order valence-corrected chi connectivity index (χ2v) is 10.8. The lowest BCUT2D eigenvalue weighted by molar-refractivity contribution is -0.137. The molecule has 2 amide bonds. The maximum Gasteiger partial charge on any atom is 0.421 e.